The first kappa shape index (κ1) is 16.7. The lowest BCUT2D eigenvalue weighted by Gasteiger charge is -2.39. The SMILES string of the molecule is O=C(O)[C@@H]1[C@@H]2CC[C@@H](C2)[C@@H]1C(=O)N1CCN(c2cccc(Cl)c2)CC1. The smallest absolute Gasteiger partial charge is 0.307 e. The molecule has 3 fully saturated rings. The number of halogens is 1. The number of fused-ring (bicyclic) bond motifs is 2. The van der Waals surface area contributed by atoms with E-state index in [1.807, 2.05) is 29.2 Å². The van der Waals surface area contributed by atoms with Gasteiger partial charge in [0.25, 0.3) is 0 Å². The summed E-state index contributed by atoms with van der Waals surface area (Å²) >= 11 is 6.06. The molecule has 1 aromatic carbocycles. The summed E-state index contributed by atoms with van der Waals surface area (Å²) in [6.07, 6.45) is 2.89. The fourth-order valence-electron chi connectivity index (χ4n) is 5.07. The molecule has 1 N–H and O–H groups in total. The molecule has 1 aromatic rings. The lowest BCUT2D eigenvalue weighted by atomic mass is 9.78. The minimum absolute atomic E-state index is 0.0605. The summed E-state index contributed by atoms with van der Waals surface area (Å²) in [7, 11) is 0. The van der Waals surface area contributed by atoms with E-state index < -0.39 is 11.9 Å². The summed E-state index contributed by atoms with van der Waals surface area (Å²) in [5.41, 5.74) is 1.07. The van der Waals surface area contributed by atoms with Crippen molar-refractivity contribution >= 4 is 29.2 Å². The van der Waals surface area contributed by atoms with Gasteiger partial charge in [-0.3, -0.25) is 9.59 Å². The van der Waals surface area contributed by atoms with Crippen LogP contribution in [0.2, 0.25) is 5.02 Å². The van der Waals surface area contributed by atoms with Gasteiger partial charge in [-0.1, -0.05) is 17.7 Å². The highest BCUT2D eigenvalue weighted by Gasteiger charge is 2.54. The Bertz CT molecular complexity index is 687. The van der Waals surface area contributed by atoms with Crippen LogP contribution in [0, 0.1) is 23.7 Å². The van der Waals surface area contributed by atoms with Crippen LogP contribution in [0.5, 0.6) is 0 Å². The van der Waals surface area contributed by atoms with Gasteiger partial charge in [0, 0.05) is 36.9 Å². The van der Waals surface area contributed by atoms with Gasteiger partial charge in [-0.05, 0) is 49.3 Å². The van der Waals surface area contributed by atoms with E-state index in [9.17, 15) is 14.7 Å². The summed E-state index contributed by atoms with van der Waals surface area (Å²) in [5.74, 6) is -1.05. The van der Waals surface area contributed by atoms with Crippen molar-refractivity contribution in [3.8, 4) is 0 Å². The number of carboxylic acids is 1. The van der Waals surface area contributed by atoms with E-state index in [2.05, 4.69) is 4.90 Å². The Balaban J connectivity index is 1.42. The molecule has 1 heterocycles. The molecule has 5 nitrogen and oxygen atoms in total. The first-order valence-electron chi connectivity index (χ1n) is 9.06. The Hall–Kier alpha value is -1.75. The fourth-order valence-corrected chi connectivity index (χ4v) is 5.26. The normalized spacial score (nSPS) is 31.4. The number of piperazine rings is 1. The molecule has 4 rings (SSSR count). The van der Waals surface area contributed by atoms with Crippen molar-refractivity contribution in [2.45, 2.75) is 19.3 Å². The minimum atomic E-state index is -0.789. The molecule has 1 aliphatic heterocycles. The zero-order valence-electron chi connectivity index (χ0n) is 14.1. The number of amides is 1. The largest absolute Gasteiger partial charge is 0.481 e. The maximum absolute atomic E-state index is 13.0. The maximum atomic E-state index is 13.0. The first-order chi connectivity index (χ1) is 12.0. The molecule has 25 heavy (non-hydrogen) atoms. The van der Waals surface area contributed by atoms with E-state index in [1.165, 1.54) is 0 Å². The average molecular weight is 363 g/mol. The molecule has 0 spiro atoms. The van der Waals surface area contributed by atoms with Crippen LogP contribution in [-0.4, -0.2) is 48.1 Å². The van der Waals surface area contributed by atoms with E-state index in [4.69, 9.17) is 11.6 Å². The van der Waals surface area contributed by atoms with E-state index in [1.54, 1.807) is 0 Å². The van der Waals surface area contributed by atoms with Gasteiger partial charge >= 0.3 is 5.97 Å². The highest BCUT2D eigenvalue weighted by molar-refractivity contribution is 6.30. The number of hydrogen-bond donors (Lipinski definition) is 1. The molecule has 134 valence electrons. The Morgan fingerprint density at radius 3 is 2.36 bits per heavy atom. The van der Waals surface area contributed by atoms with Crippen molar-refractivity contribution in [1.29, 1.82) is 0 Å². The van der Waals surface area contributed by atoms with Crippen molar-refractivity contribution < 1.29 is 14.7 Å². The number of benzene rings is 1. The quantitative estimate of drug-likeness (QED) is 0.898. The van der Waals surface area contributed by atoms with Gasteiger partial charge in [-0.2, -0.15) is 0 Å². The van der Waals surface area contributed by atoms with Crippen molar-refractivity contribution in [2.24, 2.45) is 23.7 Å². The van der Waals surface area contributed by atoms with Crippen LogP contribution in [-0.2, 0) is 9.59 Å². The molecular formula is C19H23ClN2O3. The predicted octanol–water partition coefficient (Wildman–Crippen LogP) is 2.74. The third kappa shape index (κ3) is 2.99. The number of aliphatic carboxylic acids is 1. The van der Waals surface area contributed by atoms with Crippen LogP contribution in [0.3, 0.4) is 0 Å². The number of hydrogen-bond acceptors (Lipinski definition) is 3. The monoisotopic (exact) mass is 362 g/mol. The second-order valence-corrected chi connectivity index (χ2v) is 7.95. The van der Waals surface area contributed by atoms with E-state index in [0.717, 1.165) is 38.0 Å². The summed E-state index contributed by atoms with van der Waals surface area (Å²) in [6.45, 7) is 2.80. The first-order valence-corrected chi connectivity index (χ1v) is 9.44. The Kier molecular flexibility index (Phi) is 4.36. The molecule has 0 unspecified atom stereocenters. The number of carboxylic acid groups (broad SMARTS) is 1. The van der Waals surface area contributed by atoms with Crippen LogP contribution in [0.4, 0.5) is 5.69 Å². The maximum Gasteiger partial charge on any atom is 0.307 e. The van der Waals surface area contributed by atoms with Gasteiger partial charge in [0.1, 0.15) is 0 Å². The van der Waals surface area contributed by atoms with Crippen molar-refractivity contribution in [2.75, 3.05) is 31.1 Å². The van der Waals surface area contributed by atoms with Crippen LogP contribution < -0.4 is 4.90 Å². The molecule has 0 aromatic heterocycles. The molecule has 1 saturated heterocycles. The van der Waals surface area contributed by atoms with Crippen LogP contribution in [0.15, 0.2) is 24.3 Å². The zero-order valence-corrected chi connectivity index (χ0v) is 14.9. The highest BCUT2D eigenvalue weighted by Crippen LogP contribution is 2.53. The molecule has 0 radical (unpaired) electrons. The van der Waals surface area contributed by atoms with E-state index >= 15 is 0 Å². The topological polar surface area (TPSA) is 60.9 Å². The molecule has 3 aliphatic rings. The van der Waals surface area contributed by atoms with Gasteiger partial charge in [-0.15, -0.1) is 0 Å². The summed E-state index contributed by atoms with van der Waals surface area (Å²) in [4.78, 5) is 28.8. The second kappa shape index (κ2) is 6.52. The van der Waals surface area contributed by atoms with Gasteiger partial charge in [0.2, 0.25) is 5.91 Å². The molecule has 1 amide bonds. The van der Waals surface area contributed by atoms with E-state index in [-0.39, 0.29) is 23.7 Å². The average Bonchev–Trinajstić information content (AvgIpc) is 3.22. The molecular weight excluding hydrogens is 340 g/mol. The Morgan fingerprint density at radius 2 is 1.72 bits per heavy atom. The summed E-state index contributed by atoms with van der Waals surface area (Å²) in [5, 5.41) is 10.3. The second-order valence-electron chi connectivity index (χ2n) is 7.52. The van der Waals surface area contributed by atoms with Crippen LogP contribution >= 0.6 is 11.6 Å². The lowest BCUT2D eigenvalue weighted by Crippen LogP contribution is -2.52. The van der Waals surface area contributed by atoms with Gasteiger partial charge in [0.15, 0.2) is 0 Å². The van der Waals surface area contributed by atoms with E-state index in [0.29, 0.717) is 18.1 Å². The number of rotatable bonds is 3. The van der Waals surface area contributed by atoms with Crippen LogP contribution in [0.1, 0.15) is 19.3 Å². The lowest BCUT2D eigenvalue weighted by molar-refractivity contribution is -0.153. The van der Waals surface area contributed by atoms with Gasteiger partial charge < -0.3 is 14.9 Å². The number of anilines is 1. The molecule has 4 atom stereocenters. The zero-order chi connectivity index (χ0) is 17.6. The molecule has 2 bridgehead atoms. The van der Waals surface area contributed by atoms with Gasteiger partial charge in [-0.25, -0.2) is 0 Å². The Morgan fingerprint density at radius 1 is 1.04 bits per heavy atom. The minimum Gasteiger partial charge on any atom is -0.481 e. The predicted molar refractivity (Wildman–Crippen MR) is 95.7 cm³/mol. The molecule has 6 heteroatoms. The van der Waals surface area contributed by atoms with Crippen LogP contribution in [0.25, 0.3) is 0 Å². The van der Waals surface area contributed by atoms with Crippen molar-refractivity contribution in [3.63, 3.8) is 0 Å². The number of nitrogens with zero attached hydrogens (tertiary/aromatic N) is 2. The standard InChI is InChI=1S/C19H23ClN2O3/c20-14-2-1-3-15(11-14)21-6-8-22(9-7-21)18(23)16-12-4-5-13(10-12)17(16)19(24)25/h1-3,11-13,16-17H,4-10H2,(H,24,25)/t12-,13+,16-,17+/m0/s1. The Labute approximate surface area is 152 Å². The van der Waals surface area contributed by atoms with Crippen molar-refractivity contribution in [3.05, 3.63) is 29.3 Å². The summed E-state index contributed by atoms with van der Waals surface area (Å²) in [6, 6.07) is 7.75. The third-order valence-electron chi connectivity index (χ3n) is 6.25. The highest BCUT2D eigenvalue weighted by atomic mass is 35.5. The van der Waals surface area contributed by atoms with Gasteiger partial charge in [0.05, 0.1) is 11.8 Å². The number of carbonyl (C=O) groups excluding carboxylic acids is 1. The molecule has 2 saturated carbocycles. The fraction of sp³-hybridized carbons (Fsp3) is 0.579. The number of carbonyl (C=O) groups is 2. The molecule has 2 aliphatic carbocycles. The summed E-state index contributed by atoms with van der Waals surface area (Å²) < 4.78 is 0. The third-order valence-corrected chi connectivity index (χ3v) is 6.49. The van der Waals surface area contributed by atoms with Crippen molar-refractivity contribution in [1.82, 2.24) is 4.90 Å².